The Bertz CT molecular complexity index is 532. The largest absolute Gasteiger partial charge is 0.466 e. The molecule has 0 bridgehead atoms. The molecule has 4 nitrogen and oxygen atoms in total. The van der Waals surface area contributed by atoms with E-state index in [9.17, 15) is 13.6 Å². The van der Waals surface area contributed by atoms with Crippen LogP contribution in [0, 0.1) is 17.6 Å². The molecule has 2 fully saturated rings. The van der Waals surface area contributed by atoms with Crippen LogP contribution in [-0.2, 0) is 19.0 Å². The van der Waals surface area contributed by atoms with E-state index in [4.69, 9.17) is 14.2 Å². The molecule has 0 amide bonds. The van der Waals surface area contributed by atoms with Gasteiger partial charge >= 0.3 is 5.97 Å². The summed E-state index contributed by atoms with van der Waals surface area (Å²) in [6.45, 7) is 2.67. The molecule has 1 aliphatic heterocycles. The Morgan fingerprint density at radius 2 is 1.90 bits per heavy atom. The number of benzene rings is 1. The summed E-state index contributed by atoms with van der Waals surface area (Å²) in [4.78, 5) is 11.6. The van der Waals surface area contributed by atoms with Crippen molar-refractivity contribution in [1.29, 1.82) is 0 Å². The smallest absolute Gasteiger partial charge is 0.309 e. The predicted molar refractivity (Wildman–Crippen MR) is 68.5 cm³/mol. The van der Waals surface area contributed by atoms with Gasteiger partial charge in [-0.1, -0.05) is 0 Å². The number of hydrogen-bond acceptors (Lipinski definition) is 4. The van der Waals surface area contributed by atoms with Crippen molar-refractivity contribution in [3.63, 3.8) is 0 Å². The minimum Gasteiger partial charge on any atom is -0.466 e. The van der Waals surface area contributed by atoms with Crippen molar-refractivity contribution in [1.82, 2.24) is 0 Å². The molecule has 0 N–H and O–H groups in total. The Morgan fingerprint density at radius 3 is 2.48 bits per heavy atom. The molecule has 1 saturated heterocycles. The van der Waals surface area contributed by atoms with Gasteiger partial charge in [0.1, 0.15) is 11.6 Å². The van der Waals surface area contributed by atoms with Gasteiger partial charge in [-0.15, -0.1) is 0 Å². The summed E-state index contributed by atoms with van der Waals surface area (Å²) in [5.41, 5.74) is 0.273. The van der Waals surface area contributed by atoms with Gasteiger partial charge in [-0.3, -0.25) is 4.79 Å². The van der Waals surface area contributed by atoms with Gasteiger partial charge in [-0.25, -0.2) is 8.78 Å². The third-order valence-corrected chi connectivity index (χ3v) is 3.77. The molecule has 1 aromatic carbocycles. The van der Waals surface area contributed by atoms with Gasteiger partial charge in [0.25, 0.3) is 0 Å². The topological polar surface area (TPSA) is 44.8 Å². The van der Waals surface area contributed by atoms with E-state index in [1.54, 1.807) is 6.92 Å². The lowest BCUT2D eigenvalue weighted by atomic mass is 10.0. The summed E-state index contributed by atoms with van der Waals surface area (Å²) >= 11 is 0. The van der Waals surface area contributed by atoms with Crippen molar-refractivity contribution in [2.24, 2.45) is 5.92 Å². The first-order chi connectivity index (χ1) is 10.1. The molecule has 2 unspecified atom stereocenters. The van der Waals surface area contributed by atoms with E-state index in [1.165, 1.54) is 12.1 Å². The fourth-order valence-electron chi connectivity index (χ4n) is 2.64. The second kappa shape index (κ2) is 5.69. The molecule has 0 spiro atoms. The van der Waals surface area contributed by atoms with Crippen LogP contribution in [0.3, 0.4) is 0 Å². The highest BCUT2D eigenvalue weighted by Gasteiger charge is 2.45. The second-order valence-corrected chi connectivity index (χ2v) is 5.17. The van der Waals surface area contributed by atoms with Crippen molar-refractivity contribution in [2.75, 3.05) is 19.8 Å². The Hall–Kier alpha value is -1.53. The Labute approximate surface area is 121 Å². The molecule has 21 heavy (non-hydrogen) atoms. The van der Waals surface area contributed by atoms with E-state index in [2.05, 4.69) is 0 Å². The molecule has 0 aromatic heterocycles. The quantitative estimate of drug-likeness (QED) is 0.802. The summed E-state index contributed by atoms with van der Waals surface area (Å²) in [6, 6.07) is 2.51. The highest BCUT2D eigenvalue weighted by molar-refractivity contribution is 5.77. The van der Waals surface area contributed by atoms with Crippen molar-refractivity contribution < 1.29 is 27.8 Å². The fourth-order valence-corrected chi connectivity index (χ4v) is 2.64. The number of esters is 1. The van der Waals surface area contributed by atoms with Crippen LogP contribution in [-0.4, -0.2) is 25.8 Å². The van der Waals surface area contributed by atoms with E-state index in [-0.39, 0.29) is 23.4 Å². The Kier molecular flexibility index (Phi) is 3.91. The molecule has 3 rings (SSSR count). The van der Waals surface area contributed by atoms with E-state index >= 15 is 0 Å². The van der Waals surface area contributed by atoms with Crippen LogP contribution in [0.15, 0.2) is 12.1 Å². The first kappa shape index (κ1) is 14.4. The molecular formula is C15H16F2O4. The number of carbonyl (C=O) groups excluding carboxylic acids is 1. The normalized spacial score (nSPS) is 25.1. The van der Waals surface area contributed by atoms with Crippen molar-refractivity contribution in [2.45, 2.75) is 25.6 Å². The fraction of sp³-hybridized carbons (Fsp3) is 0.533. The van der Waals surface area contributed by atoms with Gasteiger partial charge in [-0.05, 0) is 37.0 Å². The number of ether oxygens (including phenoxy) is 3. The first-order valence-electron chi connectivity index (χ1n) is 7.00. The zero-order valence-corrected chi connectivity index (χ0v) is 11.6. The summed E-state index contributed by atoms with van der Waals surface area (Å²) in [7, 11) is 0. The standard InChI is InChI=1S/C15H16F2O4/c1-2-19-14(18)10-7-9(10)8-5-11(16)13(12(17)6-8)15-20-3-4-21-15/h5-6,9-10,15H,2-4,7H2,1H3. The van der Waals surface area contributed by atoms with Crippen LogP contribution in [0.2, 0.25) is 0 Å². The highest BCUT2D eigenvalue weighted by Crippen LogP contribution is 2.49. The van der Waals surface area contributed by atoms with Gasteiger partial charge in [0.15, 0.2) is 6.29 Å². The summed E-state index contributed by atoms with van der Waals surface area (Å²) < 4.78 is 43.4. The maximum atomic E-state index is 14.1. The third-order valence-electron chi connectivity index (χ3n) is 3.77. The summed E-state index contributed by atoms with van der Waals surface area (Å²) in [6.07, 6.45) is -0.424. The zero-order valence-electron chi connectivity index (χ0n) is 11.6. The first-order valence-corrected chi connectivity index (χ1v) is 7.00. The van der Waals surface area contributed by atoms with Crippen LogP contribution in [0.4, 0.5) is 8.78 Å². The molecule has 1 saturated carbocycles. The molecule has 2 atom stereocenters. The lowest BCUT2D eigenvalue weighted by Gasteiger charge is -2.13. The summed E-state index contributed by atoms with van der Waals surface area (Å²) in [5.74, 6) is -2.19. The molecule has 1 aromatic rings. The second-order valence-electron chi connectivity index (χ2n) is 5.17. The van der Waals surface area contributed by atoms with Gasteiger partial charge in [0.05, 0.1) is 31.3 Å². The lowest BCUT2D eigenvalue weighted by Crippen LogP contribution is -2.09. The molecule has 6 heteroatoms. The average Bonchev–Trinajstić information content (AvgIpc) is 3.07. The average molecular weight is 298 g/mol. The summed E-state index contributed by atoms with van der Waals surface area (Å²) in [5, 5.41) is 0. The maximum absolute atomic E-state index is 14.1. The molecule has 1 aliphatic carbocycles. The highest BCUT2D eigenvalue weighted by atomic mass is 19.1. The molecular weight excluding hydrogens is 282 g/mol. The number of hydrogen-bond donors (Lipinski definition) is 0. The molecule has 1 heterocycles. The maximum Gasteiger partial charge on any atom is 0.309 e. The van der Waals surface area contributed by atoms with Crippen molar-refractivity contribution in [3.05, 3.63) is 34.9 Å². The Balaban J connectivity index is 1.78. The minimum absolute atomic E-state index is 0.174. The molecule has 0 radical (unpaired) electrons. The van der Waals surface area contributed by atoms with Gasteiger partial charge in [0, 0.05) is 0 Å². The van der Waals surface area contributed by atoms with Crippen LogP contribution < -0.4 is 0 Å². The van der Waals surface area contributed by atoms with Crippen LogP contribution >= 0.6 is 0 Å². The van der Waals surface area contributed by atoms with Crippen LogP contribution in [0.5, 0.6) is 0 Å². The third kappa shape index (κ3) is 2.78. The monoisotopic (exact) mass is 298 g/mol. The van der Waals surface area contributed by atoms with Gasteiger partial charge in [0.2, 0.25) is 0 Å². The number of halogens is 2. The zero-order chi connectivity index (χ0) is 15.0. The van der Waals surface area contributed by atoms with Crippen molar-refractivity contribution >= 4 is 5.97 Å². The lowest BCUT2D eigenvalue weighted by molar-refractivity contribution is -0.144. The SMILES string of the molecule is CCOC(=O)C1CC1c1cc(F)c(C2OCCO2)c(F)c1. The van der Waals surface area contributed by atoms with E-state index in [0.717, 1.165) is 0 Å². The minimum atomic E-state index is -0.987. The number of carbonyl (C=O) groups is 1. The van der Waals surface area contributed by atoms with E-state index in [1.807, 2.05) is 0 Å². The van der Waals surface area contributed by atoms with Crippen molar-refractivity contribution in [3.8, 4) is 0 Å². The van der Waals surface area contributed by atoms with E-state index < -0.39 is 17.9 Å². The van der Waals surface area contributed by atoms with E-state index in [0.29, 0.717) is 31.8 Å². The van der Waals surface area contributed by atoms with Gasteiger partial charge < -0.3 is 14.2 Å². The molecule has 114 valence electrons. The van der Waals surface area contributed by atoms with Crippen LogP contribution in [0.25, 0.3) is 0 Å². The number of rotatable bonds is 4. The van der Waals surface area contributed by atoms with Crippen LogP contribution in [0.1, 0.15) is 36.7 Å². The van der Waals surface area contributed by atoms with Gasteiger partial charge in [-0.2, -0.15) is 0 Å². The predicted octanol–water partition coefficient (Wildman–Crippen LogP) is 2.68. The molecule has 2 aliphatic rings. The Morgan fingerprint density at radius 1 is 1.29 bits per heavy atom.